The molecule has 0 aliphatic carbocycles. The Balaban J connectivity index is 1.75. The predicted molar refractivity (Wildman–Crippen MR) is 78.2 cm³/mol. The summed E-state index contributed by atoms with van der Waals surface area (Å²) in [6.07, 6.45) is 3.48. The van der Waals surface area contributed by atoms with Crippen molar-refractivity contribution in [3.8, 4) is 0 Å². The zero-order valence-corrected chi connectivity index (χ0v) is 12.0. The first kappa shape index (κ1) is 14.6. The summed E-state index contributed by atoms with van der Waals surface area (Å²) in [6, 6.07) is 9.98. The first-order valence-corrected chi connectivity index (χ1v) is 7.29. The number of hydrogen-bond donors (Lipinski definition) is 1. The molecule has 1 aliphatic rings. The van der Waals surface area contributed by atoms with Gasteiger partial charge in [0.2, 0.25) is 11.8 Å². The Morgan fingerprint density at radius 2 is 1.95 bits per heavy atom. The Morgan fingerprint density at radius 1 is 1.20 bits per heavy atom. The van der Waals surface area contributed by atoms with Crippen LogP contribution < -0.4 is 5.32 Å². The van der Waals surface area contributed by atoms with Crippen molar-refractivity contribution in [1.82, 2.24) is 10.2 Å². The fraction of sp³-hybridized carbons (Fsp3) is 0.500. The molecule has 1 fully saturated rings. The molecule has 1 atom stereocenters. The number of nitrogens with zero attached hydrogens (tertiary/aromatic N) is 1. The van der Waals surface area contributed by atoms with Gasteiger partial charge in [-0.15, -0.1) is 0 Å². The maximum atomic E-state index is 12.1. The van der Waals surface area contributed by atoms with Gasteiger partial charge in [-0.05, 0) is 31.7 Å². The normalized spacial score (nSPS) is 19.6. The Morgan fingerprint density at radius 3 is 2.70 bits per heavy atom. The monoisotopic (exact) mass is 274 g/mol. The third-order valence-electron chi connectivity index (χ3n) is 3.65. The lowest BCUT2D eigenvalue weighted by Crippen LogP contribution is -2.42. The van der Waals surface area contributed by atoms with Gasteiger partial charge in [0.15, 0.2) is 0 Å². The summed E-state index contributed by atoms with van der Waals surface area (Å²) in [7, 11) is 0. The van der Waals surface area contributed by atoms with Crippen molar-refractivity contribution in [3.05, 3.63) is 35.9 Å². The minimum absolute atomic E-state index is 0.0300. The topological polar surface area (TPSA) is 49.4 Å². The average Bonchev–Trinajstić information content (AvgIpc) is 2.57. The number of aryl methyl sites for hydroxylation is 1. The van der Waals surface area contributed by atoms with Crippen molar-refractivity contribution >= 4 is 11.8 Å². The minimum Gasteiger partial charge on any atom is -0.345 e. The Bertz CT molecular complexity index is 459. The van der Waals surface area contributed by atoms with E-state index in [0.717, 1.165) is 25.8 Å². The van der Waals surface area contributed by atoms with Gasteiger partial charge in [-0.2, -0.15) is 0 Å². The van der Waals surface area contributed by atoms with E-state index in [1.165, 1.54) is 5.56 Å². The standard InChI is InChI=1S/C16H22N2O2/c1-13-16(20)18(12-10-15(19)17-13)11-6-5-9-14-7-3-2-4-8-14/h2-4,7-8,13H,5-6,9-12H2,1H3,(H,17,19). The maximum Gasteiger partial charge on any atom is 0.244 e. The molecule has 0 spiro atoms. The molecule has 1 aromatic rings. The van der Waals surface area contributed by atoms with Gasteiger partial charge < -0.3 is 10.2 Å². The highest BCUT2D eigenvalue weighted by atomic mass is 16.2. The highest BCUT2D eigenvalue weighted by Gasteiger charge is 2.25. The molecule has 1 unspecified atom stereocenters. The molecule has 0 bridgehead atoms. The third kappa shape index (κ3) is 4.08. The van der Waals surface area contributed by atoms with E-state index in [-0.39, 0.29) is 17.9 Å². The van der Waals surface area contributed by atoms with Gasteiger partial charge in [0.05, 0.1) is 0 Å². The third-order valence-corrected chi connectivity index (χ3v) is 3.65. The van der Waals surface area contributed by atoms with Crippen molar-refractivity contribution in [3.63, 3.8) is 0 Å². The SMILES string of the molecule is CC1NC(=O)CCN(CCCCc2ccccc2)C1=O. The largest absolute Gasteiger partial charge is 0.345 e. The summed E-state index contributed by atoms with van der Waals surface area (Å²) < 4.78 is 0. The van der Waals surface area contributed by atoms with Gasteiger partial charge in [-0.25, -0.2) is 0 Å². The summed E-state index contributed by atoms with van der Waals surface area (Å²) >= 11 is 0. The summed E-state index contributed by atoms with van der Waals surface area (Å²) in [4.78, 5) is 25.3. The van der Waals surface area contributed by atoms with Crippen LogP contribution >= 0.6 is 0 Å². The molecule has 1 saturated heterocycles. The Labute approximate surface area is 120 Å². The Hall–Kier alpha value is -1.84. The second-order valence-electron chi connectivity index (χ2n) is 5.31. The molecular weight excluding hydrogens is 252 g/mol. The van der Waals surface area contributed by atoms with Gasteiger partial charge in [0.1, 0.15) is 6.04 Å². The smallest absolute Gasteiger partial charge is 0.244 e. The average molecular weight is 274 g/mol. The molecule has 0 aromatic heterocycles. The van der Waals surface area contributed by atoms with Crippen LogP contribution in [0.3, 0.4) is 0 Å². The number of hydrogen-bond acceptors (Lipinski definition) is 2. The number of amides is 2. The van der Waals surface area contributed by atoms with Crippen LogP contribution in [-0.4, -0.2) is 35.8 Å². The predicted octanol–water partition coefficient (Wildman–Crippen LogP) is 1.75. The molecule has 1 aliphatic heterocycles. The van der Waals surface area contributed by atoms with E-state index in [1.54, 1.807) is 6.92 Å². The number of benzene rings is 1. The molecule has 0 saturated carbocycles. The van der Waals surface area contributed by atoms with Gasteiger partial charge in [0.25, 0.3) is 0 Å². The van der Waals surface area contributed by atoms with Crippen molar-refractivity contribution in [2.24, 2.45) is 0 Å². The van der Waals surface area contributed by atoms with E-state index in [0.29, 0.717) is 13.0 Å². The molecule has 1 N–H and O–H groups in total. The van der Waals surface area contributed by atoms with E-state index >= 15 is 0 Å². The molecule has 2 amide bonds. The molecular formula is C16H22N2O2. The zero-order valence-electron chi connectivity index (χ0n) is 12.0. The molecule has 4 heteroatoms. The maximum absolute atomic E-state index is 12.1. The molecule has 108 valence electrons. The van der Waals surface area contributed by atoms with Crippen LogP contribution in [0.1, 0.15) is 31.7 Å². The van der Waals surface area contributed by atoms with E-state index in [1.807, 2.05) is 23.1 Å². The number of unbranched alkanes of at least 4 members (excludes halogenated alkanes) is 1. The van der Waals surface area contributed by atoms with Crippen LogP contribution in [-0.2, 0) is 16.0 Å². The quantitative estimate of drug-likeness (QED) is 0.832. The highest BCUT2D eigenvalue weighted by molar-refractivity contribution is 5.89. The van der Waals surface area contributed by atoms with E-state index < -0.39 is 0 Å². The van der Waals surface area contributed by atoms with Crippen molar-refractivity contribution in [2.75, 3.05) is 13.1 Å². The van der Waals surface area contributed by atoms with Crippen molar-refractivity contribution in [2.45, 2.75) is 38.6 Å². The van der Waals surface area contributed by atoms with Crippen LogP contribution in [0, 0.1) is 0 Å². The lowest BCUT2D eigenvalue weighted by Gasteiger charge is -2.22. The molecule has 1 aromatic carbocycles. The highest BCUT2D eigenvalue weighted by Crippen LogP contribution is 2.08. The first-order valence-electron chi connectivity index (χ1n) is 7.29. The van der Waals surface area contributed by atoms with Crippen LogP contribution in [0.25, 0.3) is 0 Å². The number of rotatable bonds is 5. The fourth-order valence-corrected chi connectivity index (χ4v) is 2.49. The zero-order chi connectivity index (χ0) is 14.4. The molecule has 20 heavy (non-hydrogen) atoms. The lowest BCUT2D eigenvalue weighted by molar-refractivity contribution is -0.133. The van der Waals surface area contributed by atoms with Gasteiger partial charge in [-0.1, -0.05) is 30.3 Å². The van der Waals surface area contributed by atoms with Crippen molar-refractivity contribution < 1.29 is 9.59 Å². The van der Waals surface area contributed by atoms with Crippen LogP contribution in [0.5, 0.6) is 0 Å². The molecule has 1 heterocycles. The Kier molecular flexibility index (Phi) is 5.16. The lowest BCUT2D eigenvalue weighted by atomic mass is 10.1. The van der Waals surface area contributed by atoms with Crippen LogP contribution in [0.2, 0.25) is 0 Å². The number of carbonyl (C=O) groups excluding carboxylic acids is 2. The summed E-state index contributed by atoms with van der Waals surface area (Å²) in [6.45, 7) is 3.04. The second kappa shape index (κ2) is 7.08. The summed E-state index contributed by atoms with van der Waals surface area (Å²) in [5.74, 6) is 0.00759. The number of carbonyl (C=O) groups is 2. The van der Waals surface area contributed by atoms with E-state index in [9.17, 15) is 9.59 Å². The summed E-state index contributed by atoms with van der Waals surface area (Å²) in [5.41, 5.74) is 1.33. The van der Waals surface area contributed by atoms with Gasteiger partial charge in [0, 0.05) is 19.5 Å². The van der Waals surface area contributed by atoms with Gasteiger partial charge in [-0.3, -0.25) is 9.59 Å². The second-order valence-corrected chi connectivity index (χ2v) is 5.31. The number of nitrogens with one attached hydrogen (secondary N) is 1. The van der Waals surface area contributed by atoms with Crippen molar-refractivity contribution in [1.29, 1.82) is 0 Å². The molecule has 4 nitrogen and oxygen atoms in total. The first-order chi connectivity index (χ1) is 9.66. The van der Waals surface area contributed by atoms with Crippen LogP contribution in [0.4, 0.5) is 0 Å². The minimum atomic E-state index is -0.390. The van der Waals surface area contributed by atoms with Gasteiger partial charge >= 0.3 is 0 Å². The summed E-state index contributed by atoms with van der Waals surface area (Å²) in [5, 5.41) is 2.71. The van der Waals surface area contributed by atoms with Crippen LogP contribution in [0.15, 0.2) is 30.3 Å². The molecule has 2 rings (SSSR count). The fourth-order valence-electron chi connectivity index (χ4n) is 2.49. The van der Waals surface area contributed by atoms with E-state index in [2.05, 4.69) is 17.4 Å². The molecule has 0 radical (unpaired) electrons. The van der Waals surface area contributed by atoms with E-state index in [4.69, 9.17) is 0 Å².